The Kier molecular flexibility index (Phi) is 2.99. The van der Waals surface area contributed by atoms with E-state index in [2.05, 4.69) is 10.3 Å². The number of hydrogen-bond acceptors (Lipinski definition) is 3. The third-order valence-corrected chi connectivity index (χ3v) is 3.47. The Hall–Kier alpha value is -2.62. The van der Waals surface area contributed by atoms with Crippen molar-refractivity contribution in [2.75, 3.05) is 12.4 Å². The Balaban J connectivity index is 2.43. The molecule has 1 aromatic heterocycles. The lowest BCUT2D eigenvalue weighted by Crippen LogP contribution is -2.21. The van der Waals surface area contributed by atoms with Crippen LogP contribution in [0.3, 0.4) is 0 Å². The molecule has 0 atom stereocenters. The zero-order valence-corrected chi connectivity index (χ0v) is 11.4. The summed E-state index contributed by atoms with van der Waals surface area (Å²) >= 11 is 0. The summed E-state index contributed by atoms with van der Waals surface area (Å²) in [6.07, 6.45) is 0. The molecular weight excluding hydrogens is 250 g/mol. The first-order valence-corrected chi connectivity index (χ1v) is 6.45. The summed E-state index contributed by atoms with van der Waals surface area (Å²) in [5.74, 6) is 0. The van der Waals surface area contributed by atoms with Gasteiger partial charge in [-0.2, -0.15) is 4.98 Å². The third kappa shape index (κ3) is 1.86. The van der Waals surface area contributed by atoms with Gasteiger partial charge in [0.05, 0.1) is 11.2 Å². The molecule has 1 heterocycles. The number of anilines is 1. The fourth-order valence-electron chi connectivity index (χ4n) is 2.41. The van der Waals surface area contributed by atoms with Gasteiger partial charge in [0.15, 0.2) is 0 Å². The minimum Gasteiger partial charge on any atom is -0.388 e. The normalized spacial score (nSPS) is 10.7. The van der Waals surface area contributed by atoms with Crippen LogP contribution in [-0.4, -0.2) is 16.6 Å². The fraction of sp³-hybridized carbons (Fsp3) is 0.125. The Labute approximate surface area is 116 Å². The predicted molar refractivity (Wildman–Crippen MR) is 82.0 cm³/mol. The Morgan fingerprint density at radius 3 is 2.55 bits per heavy atom. The SMILES string of the molecule is CNc1ccccc1-c1nc(=O)n(C)c2ccccc12. The lowest BCUT2D eigenvalue weighted by atomic mass is 10.0. The molecule has 2 aromatic carbocycles. The van der Waals surface area contributed by atoms with Crippen LogP contribution in [-0.2, 0) is 7.05 Å². The van der Waals surface area contributed by atoms with Crippen molar-refractivity contribution in [1.82, 2.24) is 9.55 Å². The summed E-state index contributed by atoms with van der Waals surface area (Å²) in [5, 5.41) is 4.11. The molecule has 4 nitrogen and oxygen atoms in total. The number of aryl methyl sites for hydroxylation is 1. The number of hydrogen-bond donors (Lipinski definition) is 1. The van der Waals surface area contributed by atoms with Crippen LogP contribution in [0.15, 0.2) is 53.3 Å². The highest BCUT2D eigenvalue weighted by Crippen LogP contribution is 2.30. The van der Waals surface area contributed by atoms with E-state index >= 15 is 0 Å². The predicted octanol–water partition coefficient (Wildman–Crippen LogP) is 2.64. The second-order valence-corrected chi connectivity index (χ2v) is 4.61. The van der Waals surface area contributed by atoms with E-state index in [4.69, 9.17) is 0 Å². The van der Waals surface area contributed by atoms with Crippen molar-refractivity contribution in [2.24, 2.45) is 7.05 Å². The quantitative estimate of drug-likeness (QED) is 0.775. The van der Waals surface area contributed by atoms with E-state index in [1.807, 2.05) is 55.6 Å². The highest BCUT2D eigenvalue weighted by atomic mass is 16.1. The molecular formula is C16H15N3O. The molecule has 3 rings (SSSR count). The van der Waals surface area contributed by atoms with Crippen molar-refractivity contribution in [3.05, 3.63) is 59.0 Å². The van der Waals surface area contributed by atoms with Crippen LogP contribution in [0.2, 0.25) is 0 Å². The average molecular weight is 265 g/mol. The van der Waals surface area contributed by atoms with Crippen molar-refractivity contribution in [3.8, 4) is 11.3 Å². The van der Waals surface area contributed by atoms with E-state index in [0.29, 0.717) is 5.69 Å². The molecule has 0 radical (unpaired) electrons. The molecule has 0 aliphatic heterocycles. The summed E-state index contributed by atoms with van der Waals surface area (Å²) < 4.78 is 1.57. The molecule has 0 fully saturated rings. The molecule has 0 aliphatic rings. The number of benzene rings is 2. The lowest BCUT2D eigenvalue weighted by Gasteiger charge is -2.12. The van der Waals surface area contributed by atoms with Gasteiger partial charge in [0.1, 0.15) is 0 Å². The van der Waals surface area contributed by atoms with E-state index in [1.165, 1.54) is 0 Å². The van der Waals surface area contributed by atoms with Crippen molar-refractivity contribution >= 4 is 16.6 Å². The number of fused-ring (bicyclic) bond motifs is 1. The van der Waals surface area contributed by atoms with Gasteiger partial charge in [-0.3, -0.25) is 4.57 Å². The van der Waals surface area contributed by atoms with E-state index in [9.17, 15) is 4.79 Å². The summed E-state index contributed by atoms with van der Waals surface area (Å²) in [4.78, 5) is 16.3. The number of para-hydroxylation sites is 2. The molecule has 20 heavy (non-hydrogen) atoms. The summed E-state index contributed by atoms with van der Waals surface area (Å²) in [6, 6.07) is 15.7. The highest BCUT2D eigenvalue weighted by Gasteiger charge is 2.12. The molecule has 0 saturated heterocycles. The van der Waals surface area contributed by atoms with Gasteiger partial charge in [0, 0.05) is 30.7 Å². The molecule has 0 saturated carbocycles. The maximum absolute atomic E-state index is 12.1. The first kappa shape index (κ1) is 12.4. The zero-order valence-electron chi connectivity index (χ0n) is 11.4. The molecule has 0 bridgehead atoms. The maximum atomic E-state index is 12.1. The van der Waals surface area contributed by atoms with E-state index in [1.54, 1.807) is 11.6 Å². The van der Waals surface area contributed by atoms with Crippen LogP contribution >= 0.6 is 0 Å². The topological polar surface area (TPSA) is 46.9 Å². The van der Waals surface area contributed by atoms with Crippen molar-refractivity contribution in [3.63, 3.8) is 0 Å². The second-order valence-electron chi connectivity index (χ2n) is 4.61. The van der Waals surface area contributed by atoms with E-state index in [-0.39, 0.29) is 5.69 Å². The first-order valence-electron chi connectivity index (χ1n) is 6.45. The van der Waals surface area contributed by atoms with Gasteiger partial charge in [-0.05, 0) is 12.1 Å². The van der Waals surface area contributed by atoms with Gasteiger partial charge < -0.3 is 5.32 Å². The smallest absolute Gasteiger partial charge is 0.348 e. The first-order chi connectivity index (χ1) is 9.72. The van der Waals surface area contributed by atoms with Crippen molar-refractivity contribution in [1.29, 1.82) is 0 Å². The van der Waals surface area contributed by atoms with Gasteiger partial charge in [-0.25, -0.2) is 4.79 Å². The number of nitrogens with one attached hydrogen (secondary N) is 1. The van der Waals surface area contributed by atoms with Gasteiger partial charge in [-0.15, -0.1) is 0 Å². The summed E-state index contributed by atoms with van der Waals surface area (Å²) in [6.45, 7) is 0. The van der Waals surface area contributed by atoms with Crippen LogP contribution in [0.5, 0.6) is 0 Å². The number of nitrogens with zero attached hydrogens (tertiary/aromatic N) is 2. The van der Waals surface area contributed by atoms with E-state index in [0.717, 1.165) is 22.2 Å². The molecule has 100 valence electrons. The molecule has 0 spiro atoms. The van der Waals surface area contributed by atoms with Gasteiger partial charge in [0.25, 0.3) is 0 Å². The summed E-state index contributed by atoms with van der Waals surface area (Å²) in [7, 11) is 3.60. The minimum absolute atomic E-state index is 0.246. The minimum atomic E-state index is -0.246. The Bertz CT molecular complexity index is 836. The maximum Gasteiger partial charge on any atom is 0.348 e. The van der Waals surface area contributed by atoms with Gasteiger partial charge in [-0.1, -0.05) is 36.4 Å². The molecule has 3 aromatic rings. The van der Waals surface area contributed by atoms with Crippen LogP contribution in [0, 0.1) is 0 Å². The average Bonchev–Trinajstić information content (AvgIpc) is 2.51. The second kappa shape index (κ2) is 4.81. The van der Waals surface area contributed by atoms with Gasteiger partial charge in [0.2, 0.25) is 0 Å². The van der Waals surface area contributed by atoms with Crippen LogP contribution in [0.25, 0.3) is 22.2 Å². The molecule has 0 aliphatic carbocycles. The van der Waals surface area contributed by atoms with Crippen LogP contribution in [0.1, 0.15) is 0 Å². The van der Waals surface area contributed by atoms with Crippen LogP contribution in [0.4, 0.5) is 5.69 Å². The monoisotopic (exact) mass is 265 g/mol. The highest BCUT2D eigenvalue weighted by molar-refractivity contribution is 5.95. The molecule has 1 N–H and O–H groups in total. The molecule has 0 unspecified atom stereocenters. The van der Waals surface area contributed by atoms with Crippen molar-refractivity contribution in [2.45, 2.75) is 0 Å². The van der Waals surface area contributed by atoms with Crippen LogP contribution < -0.4 is 11.0 Å². The molecule has 4 heteroatoms. The standard InChI is InChI=1S/C16H15N3O/c1-17-13-9-5-3-7-11(13)15-12-8-4-6-10-14(12)19(2)16(20)18-15/h3-10,17H,1-2H3. The largest absolute Gasteiger partial charge is 0.388 e. The Morgan fingerprint density at radius 1 is 1.05 bits per heavy atom. The fourth-order valence-corrected chi connectivity index (χ4v) is 2.41. The van der Waals surface area contributed by atoms with E-state index < -0.39 is 0 Å². The Morgan fingerprint density at radius 2 is 1.75 bits per heavy atom. The third-order valence-electron chi connectivity index (χ3n) is 3.47. The molecule has 0 amide bonds. The zero-order chi connectivity index (χ0) is 14.1. The van der Waals surface area contributed by atoms with Gasteiger partial charge >= 0.3 is 5.69 Å². The lowest BCUT2D eigenvalue weighted by molar-refractivity contribution is 0.855. The van der Waals surface area contributed by atoms with Crippen molar-refractivity contribution < 1.29 is 0 Å². The number of rotatable bonds is 2. The number of aromatic nitrogens is 2. The summed E-state index contributed by atoms with van der Waals surface area (Å²) in [5.41, 5.74) is 3.24.